The van der Waals surface area contributed by atoms with E-state index >= 15 is 0 Å². The molecule has 108 valence electrons. The van der Waals surface area contributed by atoms with E-state index in [1.165, 1.54) is 18.2 Å². The van der Waals surface area contributed by atoms with Crippen LogP contribution in [0, 0.1) is 0 Å². The van der Waals surface area contributed by atoms with Crippen molar-refractivity contribution in [2.45, 2.75) is 6.42 Å². The predicted molar refractivity (Wildman–Crippen MR) is 79.2 cm³/mol. The summed E-state index contributed by atoms with van der Waals surface area (Å²) in [4.78, 5) is 22.9. The summed E-state index contributed by atoms with van der Waals surface area (Å²) in [6, 6.07) is 10.8. The summed E-state index contributed by atoms with van der Waals surface area (Å²) in [5.74, 6) is -1.82. The molecule has 2 rings (SSSR count). The van der Waals surface area contributed by atoms with Gasteiger partial charge in [0.15, 0.2) is 0 Å². The van der Waals surface area contributed by atoms with Crippen molar-refractivity contribution in [2.75, 3.05) is 0 Å². The zero-order valence-electron chi connectivity index (χ0n) is 10.7. The van der Waals surface area contributed by atoms with Crippen molar-refractivity contribution in [3.63, 3.8) is 0 Å². The zero-order chi connectivity index (χ0) is 15.4. The van der Waals surface area contributed by atoms with Gasteiger partial charge >= 0.3 is 11.9 Å². The Morgan fingerprint density at radius 1 is 1.00 bits per heavy atom. The van der Waals surface area contributed by atoms with E-state index in [1.807, 2.05) is 0 Å². The lowest BCUT2D eigenvalue weighted by atomic mass is 10.1. The number of carbonyl (C=O) groups excluding carboxylic acids is 1. The molecule has 6 heteroatoms. The normalized spacial score (nSPS) is 10.2. The van der Waals surface area contributed by atoms with Crippen molar-refractivity contribution in [3.8, 4) is 5.75 Å². The van der Waals surface area contributed by atoms with E-state index < -0.39 is 11.9 Å². The highest BCUT2D eigenvalue weighted by molar-refractivity contribution is 6.31. The van der Waals surface area contributed by atoms with E-state index in [9.17, 15) is 9.59 Å². The number of carboxylic acids is 1. The van der Waals surface area contributed by atoms with Gasteiger partial charge in [-0.2, -0.15) is 0 Å². The molecule has 0 heterocycles. The van der Waals surface area contributed by atoms with Gasteiger partial charge in [0.2, 0.25) is 0 Å². The maximum Gasteiger partial charge on any atom is 0.339 e. The summed E-state index contributed by atoms with van der Waals surface area (Å²) in [5.41, 5.74) is 0.558. The highest BCUT2D eigenvalue weighted by Crippen LogP contribution is 2.23. The average molecular weight is 325 g/mol. The summed E-state index contributed by atoms with van der Waals surface area (Å²) < 4.78 is 5.08. The first-order chi connectivity index (χ1) is 9.95. The maximum absolute atomic E-state index is 11.8. The van der Waals surface area contributed by atoms with Crippen molar-refractivity contribution >= 4 is 35.1 Å². The summed E-state index contributed by atoms with van der Waals surface area (Å²) in [6.07, 6.45) is 0.0128. The number of aromatic carboxylic acids is 1. The molecule has 2 aromatic rings. The zero-order valence-corrected chi connectivity index (χ0v) is 12.2. The number of ether oxygens (including phenoxy) is 1. The van der Waals surface area contributed by atoms with E-state index in [4.69, 9.17) is 33.0 Å². The van der Waals surface area contributed by atoms with E-state index in [0.717, 1.165) is 5.56 Å². The predicted octanol–water partition coefficient (Wildman–Crippen LogP) is 3.84. The van der Waals surface area contributed by atoms with Crippen molar-refractivity contribution in [1.82, 2.24) is 0 Å². The van der Waals surface area contributed by atoms with Crippen LogP contribution in [-0.2, 0) is 11.2 Å². The van der Waals surface area contributed by atoms with Crippen LogP contribution in [0.15, 0.2) is 42.5 Å². The summed E-state index contributed by atoms with van der Waals surface area (Å²) in [7, 11) is 0. The Kier molecular flexibility index (Phi) is 4.83. The first kappa shape index (κ1) is 15.4. The largest absolute Gasteiger partial charge is 0.478 e. The van der Waals surface area contributed by atoms with Crippen molar-refractivity contribution in [3.05, 3.63) is 63.6 Å². The number of hydrogen-bond donors (Lipinski definition) is 1. The van der Waals surface area contributed by atoms with E-state index in [-0.39, 0.29) is 22.8 Å². The number of hydrogen-bond acceptors (Lipinski definition) is 3. The molecule has 0 aromatic heterocycles. The van der Waals surface area contributed by atoms with Crippen molar-refractivity contribution in [2.24, 2.45) is 0 Å². The first-order valence-electron chi connectivity index (χ1n) is 5.93. The molecule has 4 nitrogen and oxygen atoms in total. The van der Waals surface area contributed by atoms with Crippen LogP contribution < -0.4 is 4.74 Å². The smallest absolute Gasteiger partial charge is 0.339 e. The molecule has 0 unspecified atom stereocenters. The molecule has 1 N–H and O–H groups in total. The van der Waals surface area contributed by atoms with Crippen LogP contribution in [0.4, 0.5) is 0 Å². The van der Waals surface area contributed by atoms with Gasteiger partial charge in [-0.3, -0.25) is 4.79 Å². The third-order valence-electron chi connectivity index (χ3n) is 2.66. The van der Waals surface area contributed by atoms with Gasteiger partial charge in [0, 0.05) is 10.0 Å². The molecule has 0 aliphatic rings. The lowest BCUT2D eigenvalue weighted by Gasteiger charge is -2.08. The second-order valence-corrected chi connectivity index (χ2v) is 5.10. The van der Waals surface area contributed by atoms with Crippen LogP contribution in [0.2, 0.25) is 10.0 Å². The molecule has 0 atom stereocenters. The Morgan fingerprint density at radius 3 is 2.24 bits per heavy atom. The second-order valence-electron chi connectivity index (χ2n) is 4.22. The number of esters is 1. The summed E-state index contributed by atoms with van der Waals surface area (Å²) in [6.45, 7) is 0. The van der Waals surface area contributed by atoms with Crippen LogP contribution >= 0.6 is 23.2 Å². The molecular weight excluding hydrogens is 315 g/mol. The monoisotopic (exact) mass is 324 g/mol. The lowest BCUT2D eigenvalue weighted by molar-refractivity contribution is -0.133. The minimum Gasteiger partial charge on any atom is -0.478 e. The van der Waals surface area contributed by atoms with Gasteiger partial charge in [-0.25, -0.2) is 4.79 Å². The summed E-state index contributed by atoms with van der Waals surface area (Å²) in [5, 5.41) is 9.88. The molecule has 0 fully saturated rings. The second kappa shape index (κ2) is 6.61. The van der Waals surface area contributed by atoms with E-state index in [1.54, 1.807) is 24.3 Å². The minimum atomic E-state index is -1.22. The first-order valence-corrected chi connectivity index (χ1v) is 6.69. The van der Waals surface area contributed by atoms with E-state index in [0.29, 0.717) is 5.02 Å². The fraction of sp³-hybridized carbons (Fsp3) is 0.0667. The fourth-order valence-electron chi connectivity index (χ4n) is 1.69. The topological polar surface area (TPSA) is 63.6 Å². The van der Waals surface area contributed by atoms with Gasteiger partial charge in [0.1, 0.15) is 11.3 Å². The fourth-order valence-corrected chi connectivity index (χ4v) is 1.98. The number of carboxylic acid groups (broad SMARTS) is 1. The summed E-state index contributed by atoms with van der Waals surface area (Å²) >= 11 is 11.5. The minimum absolute atomic E-state index is 0.0128. The van der Waals surface area contributed by atoms with Crippen LogP contribution in [-0.4, -0.2) is 17.0 Å². The van der Waals surface area contributed by atoms with Gasteiger partial charge < -0.3 is 9.84 Å². The quantitative estimate of drug-likeness (QED) is 0.685. The van der Waals surface area contributed by atoms with Crippen LogP contribution in [0.5, 0.6) is 5.75 Å². The Morgan fingerprint density at radius 2 is 1.62 bits per heavy atom. The van der Waals surface area contributed by atoms with Crippen LogP contribution in [0.25, 0.3) is 0 Å². The molecule has 0 radical (unpaired) electrons. The third-order valence-corrected chi connectivity index (χ3v) is 3.14. The SMILES string of the molecule is O=C(Cc1ccc(Cl)cc1)Oc1ccc(Cl)cc1C(=O)O. The Labute approximate surface area is 130 Å². The highest BCUT2D eigenvalue weighted by Gasteiger charge is 2.15. The molecular formula is C15H10Cl2O4. The third kappa shape index (κ3) is 4.21. The Bertz CT molecular complexity index is 681. The van der Waals surface area contributed by atoms with Gasteiger partial charge in [0.25, 0.3) is 0 Å². The van der Waals surface area contributed by atoms with Gasteiger partial charge in [0.05, 0.1) is 6.42 Å². The average Bonchev–Trinajstić information content (AvgIpc) is 2.43. The molecule has 0 aliphatic heterocycles. The highest BCUT2D eigenvalue weighted by atomic mass is 35.5. The number of halogens is 2. The lowest BCUT2D eigenvalue weighted by Crippen LogP contribution is -2.13. The van der Waals surface area contributed by atoms with Crippen molar-refractivity contribution < 1.29 is 19.4 Å². The molecule has 2 aromatic carbocycles. The van der Waals surface area contributed by atoms with Crippen molar-refractivity contribution in [1.29, 1.82) is 0 Å². The van der Waals surface area contributed by atoms with Crippen LogP contribution in [0.1, 0.15) is 15.9 Å². The molecule has 0 saturated carbocycles. The van der Waals surface area contributed by atoms with Gasteiger partial charge in [-0.15, -0.1) is 0 Å². The van der Waals surface area contributed by atoms with E-state index in [2.05, 4.69) is 0 Å². The standard InChI is InChI=1S/C15H10Cl2O4/c16-10-3-1-9(2-4-10)7-14(18)21-13-6-5-11(17)8-12(13)15(19)20/h1-6,8H,7H2,(H,19,20). The Hall–Kier alpha value is -2.04. The van der Waals surface area contributed by atoms with Gasteiger partial charge in [-0.05, 0) is 35.9 Å². The molecule has 21 heavy (non-hydrogen) atoms. The number of rotatable bonds is 4. The molecule has 0 aliphatic carbocycles. The Balaban J connectivity index is 2.12. The molecule has 0 spiro atoms. The molecule has 0 bridgehead atoms. The number of carbonyl (C=O) groups is 2. The van der Waals surface area contributed by atoms with Crippen LogP contribution in [0.3, 0.4) is 0 Å². The molecule has 0 saturated heterocycles. The van der Waals surface area contributed by atoms with Gasteiger partial charge in [-0.1, -0.05) is 35.3 Å². The maximum atomic E-state index is 11.8. The molecule has 0 amide bonds. The number of benzene rings is 2.